The quantitative estimate of drug-likeness (QED) is 0.505. The number of benzene rings is 2. The smallest absolute Gasteiger partial charge is 0.235 e. The van der Waals surface area contributed by atoms with Crippen molar-refractivity contribution in [3.05, 3.63) is 72.8 Å². The average molecular weight is 376 g/mol. The third kappa shape index (κ3) is 3.29. The number of halogens is 1. The molecule has 0 atom stereocenters. The minimum Gasteiger partial charge on any atom is -0.493 e. The van der Waals surface area contributed by atoms with Crippen molar-refractivity contribution >= 4 is 28.4 Å². The molecule has 4 aromatic rings. The molecule has 0 spiro atoms. The lowest BCUT2D eigenvalue weighted by Crippen LogP contribution is -2.14. The number of ether oxygens (including phenoxy) is 2. The molecule has 7 heteroatoms. The van der Waals surface area contributed by atoms with Crippen LogP contribution in [0.3, 0.4) is 0 Å². The Bertz CT molecular complexity index is 1140. The van der Waals surface area contributed by atoms with Gasteiger partial charge in [-0.3, -0.25) is 9.88 Å². The Morgan fingerprint density at radius 1 is 0.821 bits per heavy atom. The van der Waals surface area contributed by atoms with Crippen molar-refractivity contribution in [2.45, 2.75) is 0 Å². The van der Waals surface area contributed by atoms with E-state index in [9.17, 15) is 4.39 Å². The molecule has 0 saturated carbocycles. The highest BCUT2D eigenvalue weighted by atomic mass is 19.1. The Kier molecular flexibility index (Phi) is 4.72. The molecule has 0 aliphatic carbocycles. The van der Waals surface area contributed by atoms with Crippen LogP contribution in [0.25, 0.3) is 11.0 Å². The van der Waals surface area contributed by atoms with Crippen molar-refractivity contribution < 1.29 is 13.9 Å². The topological polar surface area (TPSA) is 60.4 Å². The lowest BCUT2D eigenvalue weighted by atomic mass is 10.2. The highest BCUT2D eigenvalue weighted by Gasteiger charge is 2.18. The van der Waals surface area contributed by atoms with Crippen LogP contribution >= 0.6 is 0 Å². The van der Waals surface area contributed by atoms with E-state index < -0.39 is 0 Å². The first kappa shape index (κ1) is 17.7. The summed E-state index contributed by atoms with van der Waals surface area (Å²) in [4.78, 5) is 15.1. The molecular weight excluding hydrogens is 359 g/mol. The molecule has 0 amide bonds. The fourth-order valence-corrected chi connectivity index (χ4v) is 2.93. The summed E-state index contributed by atoms with van der Waals surface area (Å²) in [6, 6.07) is 15.3. The predicted octanol–water partition coefficient (Wildman–Crippen LogP) is 4.65. The van der Waals surface area contributed by atoms with Gasteiger partial charge in [-0.1, -0.05) is 6.07 Å². The van der Waals surface area contributed by atoms with Gasteiger partial charge in [0.2, 0.25) is 5.95 Å². The summed E-state index contributed by atoms with van der Waals surface area (Å²) in [6.45, 7) is 0. The Labute approximate surface area is 161 Å². The van der Waals surface area contributed by atoms with Gasteiger partial charge in [-0.15, -0.1) is 0 Å². The van der Waals surface area contributed by atoms with Crippen LogP contribution in [0, 0.1) is 5.82 Å². The minimum absolute atomic E-state index is 0.356. The summed E-state index contributed by atoms with van der Waals surface area (Å²) in [5.41, 5.74) is 2.65. The van der Waals surface area contributed by atoms with E-state index >= 15 is 0 Å². The molecule has 0 aliphatic heterocycles. The number of hydrogen-bond donors (Lipinski definition) is 0. The lowest BCUT2D eigenvalue weighted by molar-refractivity contribution is 0.355. The van der Waals surface area contributed by atoms with E-state index in [1.807, 2.05) is 18.2 Å². The molecule has 0 N–H and O–H groups in total. The largest absolute Gasteiger partial charge is 0.493 e. The normalized spacial score (nSPS) is 10.7. The van der Waals surface area contributed by atoms with Crippen LogP contribution in [0.2, 0.25) is 0 Å². The summed E-state index contributed by atoms with van der Waals surface area (Å²) in [5, 5.41) is 0. The van der Waals surface area contributed by atoms with Gasteiger partial charge in [-0.05, 0) is 42.5 Å². The van der Waals surface area contributed by atoms with Gasteiger partial charge in [0.1, 0.15) is 11.3 Å². The first-order valence-electron chi connectivity index (χ1n) is 8.55. The van der Waals surface area contributed by atoms with Gasteiger partial charge < -0.3 is 9.47 Å². The second kappa shape index (κ2) is 7.48. The third-order valence-corrected chi connectivity index (χ3v) is 4.23. The Balaban J connectivity index is 1.91. The predicted molar refractivity (Wildman–Crippen MR) is 105 cm³/mol. The molecule has 140 valence electrons. The van der Waals surface area contributed by atoms with Crippen molar-refractivity contribution in [1.82, 2.24) is 15.0 Å². The number of rotatable bonds is 5. The van der Waals surface area contributed by atoms with E-state index in [2.05, 4.69) is 15.0 Å². The summed E-state index contributed by atoms with van der Waals surface area (Å²) >= 11 is 0. The van der Waals surface area contributed by atoms with Crippen LogP contribution in [-0.2, 0) is 0 Å². The zero-order valence-electron chi connectivity index (χ0n) is 15.3. The minimum atomic E-state index is -0.356. The second-order valence-electron chi connectivity index (χ2n) is 5.93. The second-order valence-corrected chi connectivity index (χ2v) is 5.93. The summed E-state index contributed by atoms with van der Waals surface area (Å²) in [6.07, 6.45) is 3.33. The van der Waals surface area contributed by atoms with Crippen LogP contribution in [0.5, 0.6) is 11.5 Å². The maximum absolute atomic E-state index is 14.0. The highest BCUT2D eigenvalue weighted by Crippen LogP contribution is 2.38. The van der Waals surface area contributed by atoms with Crippen LogP contribution in [-0.4, -0.2) is 29.2 Å². The van der Waals surface area contributed by atoms with E-state index in [4.69, 9.17) is 9.47 Å². The zero-order valence-corrected chi connectivity index (χ0v) is 15.3. The zero-order chi connectivity index (χ0) is 19.5. The van der Waals surface area contributed by atoms with E-state index in [0.29, 0.717) is 39.9 Å². The SMILES string of the molecule is COc1ccc(N(c2cccc(F)c2)c2ncc3ncccc3n2)cc1OC. The van der Waals surface area contributed by atoms with E-state index in [0.717, 1.165) is 0 Å². The molecule has 28 heavy (non-hydrogen) atoms. The van der Waals surface area contributed by atoms with Crippen molar-refractivity contribution in [1.29, 1.82) is 0 Å². The molecule has 0 aliphatic rings. The number of methoxy groups -OCH3 is 2. The van der Waals surface area contributed by atoms with E-state index in [1.165, 1.54) is 12.1 Å². The van der Waals surface area contributed by atoms with Crippen LogP contribution in [0.1, 0.15) is 0 Å². The first-order chi connectivity index (χ1) is 13.7. The number of aromatic nitrogens is 3. The number of nitrogens with zero attached hydrogens (tertiary/aromatic N) is 4. The van der Waals surface area contributed by atoms with E-state index in [-0.39, 0.29) is 5.82 Å². The fourth-order valence-electron chi connectivity index (χ4n) is 2.93. The monoisotopic (exact) mass is 376 g/mol. The summed E-state index contributed by atoms with van der Waals surface area (Å²) in [7, 11) is 3.13. The van der Waals surface area contributed by atoms with Crippen molar-refractivity contribution in [2.75, 3.05) is 19.1 Å². The van der Waals surface area contributed by atoms with Gasteiger partial charge in [0.05, 0.1) is 37.3 Å². The van der Waals surface area contributed by atoms with Gasteiger partial charge in [-0.2, -0.15) is 0 Å². The number of fused-ring (bicyclic) bond motifs is 1. The molecular formula is C21H17FN4O2. The van der Waals surface area contributed by atoms with Gasteiger partial charge in [0.25, 0.3) is 0 Å². The van der Waals surface area contributed by atoms with Crippen LogP contribution in [0.15, 0.2) is 67.0 Å². The van der Waals surface area contributed by atoms with Crippen molar-refractivity contribution in [3.8, 4) is 11.5 Å². The molecule has 2 aromatic carbocycles. The van der Waals surface area contributed by atoms with Gasteiger partial charge in [0.15, 0.2) is 11.5 Å². The lowest BCUT2D eigenvalue weighted by Gasteiger charge is -2.24. The molecule has 2 aromatic heterocycles. The molecule has 6 nitrogen and oxygen atoms in total. The number of pyridine rings is 1. The summed E-state index contributed by atoms with van der Waals surface area (Å²) in [5.74, 6) is 1.17. The van der Waals surface area contributed by atoms with Crippen LogP contribution in [0.4, 0.5) is 21.7 Å². The Hall–Kier alpha value is -3.74. The van der Waals surface area contributed by atoms with Crippen molar-refractivity contribution in [3.63, 3.8) is 0 Å². The molecule has 4 rings (SSSR count). The highest BCUT2D eigenvalue weighted by molar-refractivity contribution is 5.79. The average Bonchev–Trinajstić information content (AvgIpc) is 2.74. The molecule has 0 saturated heterocycles. The third-order valence-electron chi connectivity index (χ3n) is 4.23. The first-order valence-corrected chi connectivity index (χ1v) is 8.55. The van der Waals surface area contributed by atoms with Crippen molar-refractivity contribution in [2.24, 2.45) is 0 Å². The molecule has 0 bridgehead atoms. The van der Waals surface area contributed by atoms with Gasteiger partial charge in [0, 0.05) is 12.3 Å². The molecule has 2 heterocycles. The van der Waals surface area contributed by atoms with Crippen LogP contribution < -0.4 is 14.4 Å². The van der Waals surface area contributed by atoms with Gasteiger partial charge in [-0.25, -0.2) is 14.4 Å². The molecule has 0 fully saturated rings. The number of hydrogen-bond acceptors (Lipinski definition) is 6. The standard InChI is InChI=1S/C21H17FN4O2/c1-27-19-9-8-16(12-20(19)28-2)26(15-6-3-5-14(22)11-15)21-24-13-18-17(25-21)7-4-10-23-18/h3-13H,1-2H3. The van der Waals surface area contributed by atoms with E-state index in [1.54, 1.807) is 55.8 Å². The Morgan fingerprint density at radius 3 is 2.43 bits per heavy atom. The number of anilines is 3. The maximum atomic E-state index is 14.0. The fraction of sp³-hybridized carbons (Fsp3) is 0.0952. The summed E-state index contributed by atoms with van der Waals surface area (Å²) < 4.78 is 24.7. The van der Waals surface area contributed by atoms with Gasteiger partial charge >= 0.3 is 0 Å². The molecule has 0 radical (unpaired) electrons. The molecule has 0 unspecified atom stereocenters. The Morgan fingerprint density at radius 2 is 1.64 bits per heavy atom. The maximum Gasteiger partial charge on any atom is 0.235 e.